The van der Waals surface area contributed by atoms with Crippen molar-refractivity contribution in [2.45, 2.75) is 25.1 Å². The SMILES string of the molecule is O=C(N[C@@H]1CCN(Cc2ccccc2)C[C@H]1O)c1ccccc1. The fourth-order valence-electron chi connectivity index (χ4n) is 2.99. The van der Waals surface area contributed by atoms with Crippen molar-refractivity contribution in [1.82, 2.24) is 10.2 Å². The maximum atomic E-state index is 12.2. The van der Waals surface area contributed by atoms with Crippen LogP contribution >= 0.6 is 0 Å². The smallest absolute Gasteiger partial charge is 0.251 e. The van der Waals surface area contributed by atoms with Gasteiger partial charge in [0, 0.05) is 25.2 Å². The molecule has 0 unspecified atom stereocenters. The zero-order valence-corrected chi connectivity index (χ0v) is 13.1. The highest BCUT2D eigenvalue weighted by molar-refractivity contribution is 5.94. The van der Waals surface area contributed by atoms with E-state index in [1.807, 2.05) is 36.4 Å². The van der Waals surface area contributed by atoms with Gasteiger partial charge in [0.1, 0.15) is 0 Å². The van der Waals surface area contributed by atoms with Gasteiger partial charge in [-0.2, -0.15) is 0 Å². The van der Waals surface area contributed by atoms with Gasteiger partial charge in [-0.25, -0.2) is 0 Å². The summed E-state index contributed by atoms with van der Waals surface area (Å²) >= 11 is 0. The lowest BCUT2D eigenvalue weighted by atomic mass is 10.0. The van der Waals surface area contributed by atoms with Crippen molar-refractivity contribution in [3.8, 4) is 0 Å². The molecule has 0 aromatic heterocycles. The average molecular weight is 310 g/mol. The number of hydrogen-bond donors (Lipinski definition) is 2. The van der Waals surface area contributed by atoms with Crippen LogP contribution in [-0.4, -0.2) is 41.1 Å². The third-order valence-corrected chi connectivity index (χ3v) is 4.27. The Hall–Kier alpha value is -2.17. The van der Waals surface area contributed by atoms with E-state index in [2.05, 4.69) is 22.3 Å². The summed E-state index contributed by atoms with van der Waals surface area (Å²) in [4.78, 5) is 14.4. The molecule has 1 saturated heterocycles. The van der Waals surface area contributed by atoms with Gasteiger partial charge in [-0.3, -0.25) is 9.69 Å². The number of aliphatic hydroxyl groups excluding tert-OH is 1. The van der Waals surface area contributed by atoms with Crippen LogP contribution in [0.3, 0.4) is 0 Å². The fraction of sp³-hybridized carbons (Fsp3) is 0.316. The van der Waals surface area contributed by atoms with E-state index in [1.165, 1.54) is 5.56 Å². The van der Waals surface area contributed by atoms with Crippen LogP contribution in [0, 0.1) is 0 Å². The molecular weight excluding hydrogens is 288 g/mol. The minimum absolute atomic E-state index is 0.119. The molecule has 1 aliphatic heterocycles. The van der Waals surface area contributed by atoms with Crippen LogP contribution in [0.15, 0.2) is 60.7 Å². The Balaban J connectivity index is 1.53. The molecule has 0 aliphatic carbocycles. The first-order valence-electron chi connectivity index (χ1n) is 8.02. The lowest BCUT2D eigenvalue weighted by molar-refractivity contribution is 0.0349. The number of likely N-dealkylation sites (tertiary alicyclic amines) is 1. The van der Waals surface area contributed by atoms with Crippen LogP contribution in [0.4, 0.5) is 0 Å². The maximum Gasteiger partial charge on any atom is 0.251 e. The third kappa shape index (κ3) is 4.18. The molecule has 3 rings (SSSR count). The molecule has 1 heterocycles. The zero-order valence-electron chi connectivity index (χ0n) is 13.1. The molecule has 2 aromatic carbocycles. The first-order chi connectivity index (χ1) is 11.2. The number of piperidine rings is 1. The van der Waals surface area contributed by atoms with Crippen molar-refractivity contribution in [1.29, 1.82) is 0 Å². The van der Waals surface area contributed by atoms with Crippen LogP contribution in [0.25, 0.3) is 0 Å². The Morgan fingerprint density at radius 2 is 1.74 bits per heavy atom. The first-order valence-corrected chi connectivity index (χ1v) is 8.02. The van der Waals surface area contributed by atoms with E-state index < -0.39 is 6.10 Å². The van der Waals surface area contributed by atoms with Gasteiger partial charge in [0.05, 0.1) is 12.1 Å². The van der Waals surface area contributed by atoms with Crippen molar-refractivity contribution >= 4 is 5.91 Å². The molecule has 120 valence electrons. The standard InChI is InChI=1S/C19H22N2O2/c22-18-14-21(13-15-7-3-1-4-8-15)12-11-17(18)20-19(23)16-9-5-2-6-10-16/h1-10,17-18,22H,11-14H2,(H,20,23)/t17-,18-/m1/s1. The number of carbonyl (C=O) groups is 1. The number of carbonyl (C=O) groups excluding carboxylic acids is 1. The van der Waals surface area contributed by atoms with Crippen LogP contribution in [0.5, 0.6) is 0 Å². The molecule has 1 amide bonds. The Morgan fingerprint density at radius 3 is 2.39 bits per heavy atom. The van der Waals surface area contributed by atoms with Crippen LogP contribution in [-0.2, 0) is 6.54 Å². The van der Waals surface area contributed by atoms with E-state index in [-0.39, 0.29) is 11.9 Å². The largest absolute Gasteiger partial charge is 0.390 e. The Labute approximate surface area is 136 Å². The summed E-state index contributed by atoms with van der Waals surface area (Å²) in [6, 6.07) is 19.2. The predicted octanol–water partition coefficient (Wildman–Crippen LogP) is 2.05. The van der Waals surface area contributed by atoms with E-state index in [4.69, 9.17) is 0 Å². The number of hydrogen-bond acceptors (Lipinski definition) is 3. The quantitative estimate of drug-likeness (QED) is 0.909. The molecule has 2 N–H and O–H groups in total. The molecule has 0 radical (unpaired) electrons. The van der Waals surface area contributed by atoms with E-state index in [9.17, 15) is 9.90 Å². The van der Waals surface area contributed by atoms with Gasteiger partial charge in [-0.15, -0.1) is 0 Å². The molecular formula is C19H22N2O2. The minimum Gasteiger partial charge on any atom is -0.390 e. The second-order valence-electron chi connectivity index (χ2n) is 6.02. The topological polar surface area (TPSA) is 52.6 Å². The lowest BCUT2D eigenvalue weighted by Gasteiger charge is -2.36. The number of benzene rings is 2. The minimum atomic E-state index is -0.542. The highest BCUT2D eigenvalue weighted by Gasteiger charge is 2.28. The highest BCUT2D eigenvalue weighted by Crippen LogP contribution is 2.15. The van der Waals surface area contributed by atoms with Crippen molar-refractivity contribution in [3.05, 3.63) is 71.8 Å². The summed E-state index contributed by atoms with van der Waals surface area (Å²) in [6.07, 6.45) is 0.215. The highest BCUT2D eigenvalue weighted by atomic mass is 16.3. The van der Waals surface area contributed by atoms with E-state index in [0.29, 0.717) is 12.1 Å². The average Bonchev–Trinajstić information content (AvgIpc) is 2.59. The second kappa shape index (κ2) is 7.40. The number of nitrogens with one attached hydrogen (secondary N) is 1. The van der Waals surface area contributed by atoms with Gasteiger partial charge in [0.25, 0.3) is 5.91 Å². The van der Waals surface area contributed by atoms with Crippen LogP contribution in [0.1, 0.15) is 22.3 Å². The van der Waals surface area contributed by atoms with Gasteiger partial charge in [-0.1, -0.05) is 48.5 Å². The van der Waals surface area contributed by atoms with Crippen molar-refractivity contribution in [3.63, 3.8) is 0 Å². The van der Waals surface area contributed by atoms with Crippen LogP contribution in [0.2, 0.25) is 0 Å². The van der Waals surface area contributed by atoms with E-state index >= 15 is 0 Å². The summed E-state index contributed by atoms with van der Waals surface area (Å²) < 4.78 is 0. The number of aliphatic hydroxyl groups is 1. The second-order valence-corrected chi connectivity index (χ2v) is 6.02. The van der Waals surface area contributed by atoms with Gasteiger partial charge in [-0.05, 0) is 24.1 Å². The maximum absolute atomic E-state index is 12.2. The summed E-state index contributed by atoms with van der Waals surface area (Å²) in [6.45, 7) is 2.28. The summed E-state index contributed by atoms with van der Waals surface area (Å²) in [7, 11) is 0. The van der Waals surface area contributed by atoms with E-state index in [1.54, 1.807) is 12.1 Å². The summed E-state index contributed by atoms with van der Waals surface area (Å²) in [5, 5.41) is 13.3. The predicted molar refractivity (Wildman–Crippen MR) is 90.0 cm³/mol. The molecule has 1 aliphatic rings. The van der Waals surface area contributed by atoms with Crippen molar-refractivity contribution in [2.24, 2.45) is 0 Å². The monoisotopic (exact) mass is 310 g/mol. The molecule has 4 nitrogen and oxygen atoms in total. The first kappa shape index (κ1) is 15.7. The number of nitrogens with zero attached hydrogens (tertiary/aromatic N) is 1. The third-order valence-electron chi connectivity index (χ3n) is 4.27. The number of β-amino-alcohol motifs (C(OH)–C–C–N with tert-alkyl or cyclic N) is 1. The molecule has 0 bridgehead atoms. The summed E-state index contributed by atoms with van der Waals surface area (Å²) in [5.74, 6) is -0.119. The van der Waals surface area contributed by atoms with Gasteiger partial charge >= 0.3 is 0 Å². The van der Waals surface area contributed by atoms with Gasteiger partial charge < -0.3 is 10.4 Å². The molecule has 0 spiro atoms. The van der Waals surface area contributed by atoms with Crippen molar-refractivity contribution in [2.75, 3.05) is 13.1 Å². The van der Waals surface area contributed by atoms with E-state index in [0.717, 1.165) is 19.5 Å². The fourth-order valence-corrected chi connectivity index (χ4v) is 2.99. The molecule has 23 heavy (non-hydrogen) atoms. The molecule has 2 aromatic rings. The Kier molecular flexibility index (Phi) is 5.05. The molecule has 0 saturated carbocycles. The summed E-state index contributed by atoms with van der Waals surface area (Å²) in [5.41, 5.74) is 1.87. The van der Waals surface area contributed by atoms with Gasteiger partial charge in [0.15, 0.2) is 0 Å². The molecule has 1 fully saturated rings. The molecule has 4 heteroatoms. The number of rotatable bonds is 4. The molecule has 2 atom stereocenters. The number of amides is 1. The Bertz CT molecular complexity index is 630. The zero-order chi connectivity index (χ0) is 16.1. The lowest BCUT2D eigenvalue weighted by Crippen LogP contribution is -2.53. The van der Waals surface area contributed by atoms with Crippen molar-refractivity contribution < 1.29 is 9.90 Å². The normalized spacial score (nSPS) is 21.8. The van der Waals surface area contributed by atoms with Gasteiger partial charge in [0.2, 0.25) is 0 Å². The Morgan fingerprint density at radius 1 is 1.09 bits per heavy atom. The van der Waals surface area contributed by atoms with Crippen LogP contribution < -0.4 is 5.32 Å².